The predicted molar refractivity (Wildman–Crippen MR) is 81.7 cm³/mol. The molecule has 116 valence electrons. The summed E-state index contributed by atoms with van der Waals surface area (Å²) in [6.07, 6.45) is 4.96. The van der Waals surface area contributed by atoms with Crippen molar-refractivity contribution in [3.05, 3.63) is 27.9 Å². The normalized spacial score (nSPS) is 21.5. The second-order valence-electron chi connectivity index (χ2n) is 5.87. The van der Waals surface area contributed by atoms with Gasteiger partial charge in [0.1, 0.15) is 0 Å². The number of aryl methyl sites for hydroxylation is 1. The van der Waals surface area contributed by atoms with Crippen molar-refractivity contribution in [3.8, 4) is 0 Å². The standard InChI is InChI=1S/C15H23N3O3/c1-11-4-5-13(8-11)17(6-7-21-3)15-14(18(19)20)9-12(2)10-16-15/h9-11,13H,4-8H2,1-3H3. The van der Waals surface area contributed by atoms with Crippen LogP contribution in [0.5, 0.6) is 0 Å². The SMILES string of the molecule is COCCN(c1ncc(C)cc1[N+](=O)[O-])C1CCC(C)C1. The minimum absolute atomic E-state index is 0.0886. The molecule has 21 heavy (non-hydrogen) atoms. The summed E-state index contributed by atoms with van der Waals surface area (Å²) in [5.41, 5.74) is 0.891. The molecule has 1 aromatic heterocycles. The van der Waals surface area contributed by atoms with E-state index in [0.717, 1.165) is 24.8 Å². The Balaban J connectivity index is 2.33. The minimum Gasteiger partial charge on any atom is -0.383 e. The lowest BCUT2D eigenvalue weighted by Gasteiger charge is -2.29. The summed E-state index contributed by atoms with van der Waals surface area (Å²) in [4.78, 5) is 17.4. The van der Waals surface area contributed by atoms with Crippen LogP contribution in [-0.2, 0) is 4.74 Å². The van der Waals surface area contributed by atoms with Crippen molar-refractivity contribution in [2.45, 2.75) is 39.2 Å². The van der Waals surface area contributed by atoms with Crippen LogP contribution in [-0.4, -0.2) is 36.2 Å². The Labute approximate surface area is 125 Å². The van der Waals surface area contributed by atoms with E-state index < -0.39 is 0 Å². The second kappa shape index (κ2) is 6.85. The van der Waals surface area contributed by atoms with Crippen LogP contribution in [0.1, 0.15) is 31.7 Å². The molecule has 0 radical (unpaired) electrons. The lowest BCUT2D eigenvalue weighted by atomic mass is 10.1. The van der Waals surface area contributed by atoms with Crippen LogP contribution < -0.4 is 4.90 Å². The maximum atomic E-state index is 11.3. The van der Waals surface area contributed by atoms with E-state index in [2.05, 4.69) is 16.8 Å². The van der Waals surface area contributed by atoms with Crippen LogP contribution in [0.2, 0.25) is 0 Å². The van der Waals surface area contributed by atoms with E-state index >= 15 is 0 Å². The molecule has 1 heterocycles. The molecule has 0 aromatic carbocycles. The van der Waals surface area contributed by atoms with Crippen LogP contribution in [0.3, 0.4) is 0 Å². The zero-order valence-corrected chi connectivity index (χ0v) is 12.9. The molecule has 1 aliphatic rings. The van der Waals surface area contributed by atoms with E-state index in [-0.39, 0.29) is 10.6 Å². The first kappa shape index (κ1) is 15.7. The number of aromatic nitrogens is 1. The Kier molecular flexibility index (Phi) is 5.12. The van der Waals surface area contributed by atoms with Gasteiger partial charge in [-0.05, 0) is 37.7 Å². The Morgan fingerprint density at radius 2 is 2.29 bits per heavy atom. The molecule has 0 saturated heterocycles. The van der Waals surface area contributed by atoms with E-state index in [1.54, 1.807) is 19.4 Å². The number of anilines is 1. The Hall–Kier alpha value is -1.69. The van der Waals surface area contributed by atoms with Crippen molar-refractivity contribution in [1.82, 2.24) is 4.98 Å². The molecule has 1 aliphatic carbocycles. The first-order valence-corrected chi connectivity index (χ1v) is 7.39. The first-order valence-electron chi connectivity index (χ1n) is 7.39. The monoisotopic (exact) mass is 293 g/mol. The molecule has 0 N–H and O–H groups in total. The van der Waals surface area contributed by atoms with Crippen molar-refractivity contribution < 1.29 is 9.66 Å². The molecule has 6 nitrogen and oxygen atoms in total. The molecule has 2 atom stereocenters. The fourth-order valence-corrected chi connectivity index (χ4v) is 3.01. The van der Waals surface area contributed by atoms with Crippen LogP contribution in [0.4, 0.5) is 11.5 Å². The van der Waals surface area contributed by atoms with Crippen LogP contribution >= 0.6 is 0 Å². The van der Waals surface area contributed by atoms with E-state index in [1.807, 2.05) is 6.92 Å². The van der Waals surface area contributed by atoms with Gasteiger partial charge in [0.2, 0.25) is 5.82 Å². The molecule has 0 spiro atoms. The predicted octanol–water partition coefficient (Wildman–Crippen LogP) is 2.94. The Morgan fingerprint density at radius 3 is 2.86 bits per heavy atom. The third-order valence-corrected chi connectivity index (χ3v) is 4.10. The van der Waals surface area contributed by atoms with Gasteiger partial charge in [-0.25, -0.2) is 4.98 Å². The summed E-state index contributed by atoms with van der Waals surface area (Å²) in [6, 6.07) is 1.91. The number of nitro groups is 1. The number of ether oxygens (including phenoxy) is 1. The number of hydrogen-bond donors (Lipinski definition) is 0. The van der Waals surface area contributed by atoms with Crippen LogP contribution in [0.25, 0.3) is 0 Å². The summed E-state index contributed by atoms with van der Waals surface area (Å²) >= 11 is 0. The molecule has 0 aliphatic heterocycles. The molecule has 6 heteroatoms. The smallest absolute Gasteiger partial charge is 0.311 e. The highest BCUT2D eigenvalue weighted by molar-refractivity contribution is 5.59. The molecular weight excluding hydrogens is 270 g/mol. The van der Waals surface area contributed by atoms with Crippen molar-refractivity contribution in [2.24, 2.45) is 5.92 Å². The van der Waals surface area contributed by atoms with Gasteiger partial charge in [0.05, 0.1) is 11.5 Å². The quantitative estimate of drug-likeness (QED) is 0.596. The minimum atomic E-state index is -0.340. The van der Waals surface area contributed by atoms with E-state index in [0.29, 0.717) is 30.9 Å². The molecule has 2 rings (SSSR count). The summed E-state index contributed by atoms with van der Waals surface area (Å²) in [5, 5.41) is 11.3. The van der Waals surface area contributed by atoms with Gasteiger partial charge in [0.25, 0.3) is 0 Å². The topological polar surface area (TPSA) is 68.5 Å². The molecule has 2 unspecified atom stereocenters. The number of nitrogens with zero attached hydrogens (tertiary/aromatic N) is 3. The highest BCUT2D eigenvalue weighted by Crippen LogP contribution is 2.35. The summed E-state index contributed by atoms with van der Waals surface area (Å²) in [6.45, 7) is 5.22. The van der Waals surface area contributed by atoms with Gasteiger partial charge in [-0.2, -0.15) is 0 Å². The highest BCUT2D eigenvalue weighted by Gasteiger charge is 2.31. The Morgan fingerprint density at radius 1 is 1.52 bits per heavy atom. The Bertz CT molecular complexity index is 507. The number of rotatable bonds is 6. The summed E-state index contributed by atoms with van der Waals surface area (Å²) < 4.78 is 5.16. The average molecular weight is 293 g/mol. The summed E-state index contributed by atoms with van der Waals surface area (Å²) in [7, 11) is 1.65. The highest BCUT2D eigenvalue weighted by atomic mass is 16.6. The molecule has 0 amide bonds. The maximum Gasteiger partial charge on any atom is 0.311 e. The van der Waals surface area contributed by atoms with Gasteiger partial charge in [0, 0.05) is 32.0 Å². The maximum absolute atomic E-state index is 11.3. The zero-order chi connectivity index (χ0) is 15.4. The van der Waals surface area contributed by atoms with E-state index in [9.17, 15) is 10.1 Å². The fourth-order valence-electron chi connectivity index (χ4n) is 3.01. The van der Waals surface area contributed by atoms with Crippen LogP contribution in [0.15, 0.2) is 12.3 Å². The first-order chi connectivity index (χ1) is 10.0. The zero-order valence-electron chi connectivity index (χ0n) is 12.9. The fraction of sp³-hybridized carbons (Fsp3) is 0.667. The largest absolute Gasteiger partial charge is 0.383 e. The van der Waals surface area contributed by atoms with Crippen molar-refractivity contribution in [1.29, 1.82) is 0 Å². The van der Waals surface area contributed by atoms with Crippen LogP contribution in [0, 0.1) is 23.0 Å². The lowest BCUT2D eigenvalue weighted by molar-refractivity contribution is -0.384. The van der Waals surface area contributed by atoms with Gasteiger partial charge in [-0.3, -0.25) is 10.1 Å². The van der Waals surface area contributed by atoms with Gasteiger partial charge in [-0.15, -0.1) is 0 Å². The number of pyridine rings is 1. The van der Waals surface area contributed by atoms with Crippen molar-refractivity contribution in [2.75, 3.05) is 25.2 Å². The number of hydrogen-bond acceptors (Lipinski definition) is 5. The lowest BCUT2D eigenvalue weighted by Crippen LogP contribution is -2.37. The third-order valence-electron chi connectivity index (χ3n) is 4.10. The molecule has 0 bridgehead atoms. The van der Waals surface area contributed by atoms with Gasteiger partial charge in [0.15, 0.2) is 0 Å². The van der Waals surface area contributed by atoms with Gasteiger partial charge in [-0.1, -0.05) is 6.92 Å². The molecule has 1 fully saturated rings. The van der Waals surface area contributed by atoms with E-state index in [4.69, 9.17) is 4.74 Å². The average Bonchev–Trinajstić information content (AvgIpc) is 2.87. The van der Waals surface area contributed by atoms with Gasteiger partial charge >= 0.3 is 5.69 Å². The van der Waals surface area contributed by atoms with Crippen molar-refractivity contribution >= 4 is 11.5 Å². The number of methoxy groups -OCH3 is 1. The summed E-state index contributed by atoms with van der Waals surface area (Å²) in [5.74, 6) is 1.13. The molecule has 1 aromatic rings. The van der Waals surface area contributed by atoms with Crippen molar-refractivity contribution in [3.63, 3.8) is 0 Å². The van der Waals surface area contributed by atoms with Gasteiger partial charge < -0.3 is 9.64 Å². The second-order valence-corrected chi connectivity index (χ2v) is 5.87. The third kappa shape index (κ3) is 3.69. The van der Waals surface area contributed by atoms with E-state index in [1.165, 1.54) is 0 Å². The molecule has 1 saturated carbocycles. The molecular formula is C15H23N3O3.